The minimum atomic E-state index is -0.429. The largest absolute Gasteiger partial charge is 0.469 e. The lowest BCUT2D eigenvalue weighted by Gasteiger charge is -2.03. The van der Waals surface area contributed by atoms with Crippen LogP contribution in [-0.2, 0) is 25.7 Å². The number of methoxy groups -OCH3 is 1. The molecule has 154 valence electrons. The highest BCUT2D eigenvalue weighted by Crippen LogP contribution is 2.38. The molecule has 2 aromatic carbocycles. The van der Waals surface area contributed by atoms with Crippen LogP contribution in [0.25, 0.3) is 33.0 Å². The summed E-state index contributed by atoms with van der Waals surface area (Å²) in [4.78, 5) is 40.6. The van der Waals surface area contributed by atoms with Crippen LogP contribution in [0.2, 0.25) is 0 Å². The monoisotopic (exact) mass is 413 g/mol. The normalized spacial score (nSPS) is 14.0. The van der Waals surface area contributed by atoms with Crippen molar-refractivity contribution in [2.24, 2.45) is 0 Å². The topological polar surface area (TPSA) is 93.2 Å². The molecule has 0 unspecified atom stereocenters. The molecule has 1 aliphatic rings. The summed E-state index contributed by atoms with van der Waals surface area (Å²) in [7, 11) is 1.36. The second-order valence-corrected chi connectivity index (χ2v) is 7.36. The Bertz CT molecular complexity index is 1410. The SMILES string of the molecule is COC(=O)CCn1cc(C2=C(c3c[nH]c4ccccc34)C(=O)NC2=O)c2ccccc21. The molecule has 0 spiro atoms. The van der Waals surface area contributed by atoms with Gasteiger partial charge in [-0.1, -0.05) is 36.4 Å². The molecule has 0 saturated heterocycles. The van der Waals surface area contributed by atoms with Crippen molar-refractivity contribution in [1.82, 2.24) is 14.9 Å². The first kappa shape index (κ1) is 18.9. The van der Waals surface area contributed by atoms with Gasteiger partial charge < -0.3 is 14.3 Å². The molecular weight excluding hydrogens is 394 g/mol. The minimum Gasteiger partial charge on any atom is -0.469 e. The Morgan fingerprint density at radius 2 is 1.61 bits per heavy atom. The number of aromatic amines is 1. The van der Waals surface area contributed by atoms with E-state index in [-0.39, 0.29) is 12.4 Å². The molecule has 5 rings (SSSR count). The van der Waals surface area contributed by atoms with Crippen molar-refractivity contribution in [3.63, 3.8) is 0 Å². The number of aryl methyl sites for hydroxylation is 1. The molecule has 2 amide bonds. The molecule has 0 fully saturated rings. The predicted octanol–water partition coefficient (Wildman–Crippen LogP) is 3.25. The fourth-order valence-electron chi connectivity index (χ4n) is 4.19. The quantitative estimate of drug-likeness (QED) is 0.388. The minimum absolute atomic E-state index is 0.202. The molecule has 0 radical (unpaired) electrons. The Kier molecular flexibility index (Phi) is 4.43. The fourth-order valence-corrected chi connectivity index (χ4v) is 4.19. The number of ether oxygens (including phenoxy) is 1. The van der Waals surface area contributed by atoms with Crippen LogP contribution < -0.4 is 5.32 Å². The number of carbonyl (C=O) groups is 3. The van der Waals surface area contributed by atoms with Gasteiger partial charge in [0.15, 0.2) is 0 Å². The van der Waals surface area contributed by atoms with E-state index in [0.717, 1.165) is 21.8 Å². The van der Waals surface area contributed by atoms with E-state index in [2.05, 4.69) is 10.3 Å². The number of amides is 2. The molecule has 4 aromatic rings. The number of rotatable bonds is 5. The number of nitrogens with one attached hydrogen (secondary N) is 2. The molecule has 3 heterocycles. The van der Waals surface area contributed by atoms with Crippen molar-refractivity contribution >= 4 is 50.7 Å². The number of carbonyl (C=O) groups excluding carboxylic acids is 3. The smallest absolute Gasteiger partial charge is 0.307 e. The molecule has 0 atom stereocenters. The second-order valence-electron chi connectivity index (χ2n) is 7.36. The van der Waals surface area contributed by atoms with E-state index in [1.807, 2.05) is 59.3 Å². The zero-order chi connectivity index (χ0) is 21.5. The summed E-state index contributed by atoms with van der Waals surface area (Å²) < 4.78 is 6.67. The number of esters is 1. The Morgan fingerprint density at radius 1 is 0.935 bits per heavy atom. The number of hydrogen-bond donors (Lipinski definition) is 2. The van der Waals surface area contributed by atoms with Gasteiger partial charge in [0.25, 0.3) is 11.8 Å². The van der Waals surface area contributed by atoms with Gasteiger partial charge in [-0.15, -0.1) is 0 Å². The zero-order valence-corrected chi connectivity index (χ0v) is 16.8. The van der Waals surface area contributed by atoms with E-state index in [0.29, 0.717) is 28.8 Å². The van der Waals surface area contributed by atoms with Gasteiger partial charge in [0.1, 0.15) is 0 Å². The highest BCUT2D eigenvalue weighted by Gasteiger charge is 2.35. The fraction of sp³-hybridized carbons (Fsp3) is 0.125. The number of H-pyrrole nitrogens is 1. The number of aromatic nitrogens is 2. The van der Waals surface area contributed by atoms with E-state index in [1.54, 1.807) is 6.20 Å². The van der Waals surface area contributed by atoms with E-state index >= 15 is 0 Å². The van der Waals surface area contributed by atoms with Gasteiger partial charge in [-0.3, -0.25) is 19.7 Å². The van der Waals surface area contributed by atoms with Crippen LogP contribution in [-0.4, -0.2) is 34.4 Å². The van der Waals surface area contributed by atoms with Crippen molar-refractivity contribution in [2.75, 3.05) is 7.11 Å². The summed E-state index contributed by atoms with van der Waals surface area (Å²) in [6.45, 7) is 0.401. The highest BCUT2D eigenvalue weighted by atomic mass is 16.5. The van der Waals surface area contributed by atoms with Crippen molar-refractivity contribution in [3.05, 3.63) is 72.1 Å². The third-order valence-electron chi connectivity index (χ3n) is 5.63. The van der Waals surface area contributed by atoms with E-state index in [1.165, 1.54) is 7.11 Å². The van der Waals surface area contributed by atoms with Crippen LogP contribution in [0.3, 0.4) is 0 Å². The lowest BCUT2D eigenvalue weighted by atomic mass is 9.95. The van der Waals surface area contributed by atoms with Crippen LogP contribution in [0.5, 0.6) is 0 Å². The van der Waals surface area contributed by atoms with Gasteiger partial charge in [-0.05, 0) is 12.1 Å². The summed E-state index contributed by atoms with van der Waals surface area (Å²) in [5.74, 6) is -1.16. The predicted molar refractivity (Wildman–Crippen MR) is 117 cm³/mol. The standard InChI is InChI=1S/C24H19N3O4/c1-31-20(28)10-11-27-13-17(15-7-3-5-9-19(15)27)22-21(23(29)26-24(22)30)16-12-25-18-8-4-2-6-14(16)18/h2-9,12-13,25H,10-11H2,1H3,(H,26,29,30). The van der Waals surface area contributed by atoms with Crippen molar-refractivity contribution in [3.8, 4) is 0 Å². The number of imide groups is 1. The number of benzene rings is 2. The van der Waals surface area contributed by atoms with Crippen molar-refractivity contribution in [1.29, 1.82) is 0 Å². The van der Waals surface area contributed by atoms with Crippen LogP contribution in [0.4, 0.5) is 0 Å². The van der Waals surface area contributed by atoms with E-state index in [9.17, 15) is 14.4 Å². The molecule has 0 aliphatic carbocycles. The molecule has 0 saturated carbocycles. The molecular formula is C24H19N3O4. The van der Waals surface area contributed by atoms with Crippen LogP contribution in [0.1, 0.15) is 17.5 Å². The maximum atomic E-state index is 12.9. The third kappa shape index (κ3) is 3.02. The van der Waals surface area contributed by atoms with Crippen LogP contribution >= 0.6 is 0 Å². The third-order valence-corrected chi connectivity index (χ3v) is 5.63. The summed E-state index contributed by atoms with van der Waals surface area (Å²) >= 11 is 0. The Labute approximate surface area is 177 Å². The first-order valence-corrected chi connectivity index (χ1v) is 9.90. The Hall–Kier alpha value is -4.13. The maximum Gasteiger partial charge on any atom is 0.307 e. The Morgan fingerprint density at radius 3 is 2.39 bits per heavy atom. The van der Waals surface area contributed by atoms with Crippen molar-refractivity contribution in [2.45, 2.75) is 13.0 Å². The molecule has 1 aliphatic heterocycles. The molecule has 7 nitrogen and oxygen atoms in total. The lowest BCUT2D eigenvalue weighted by molar-refractivity contribution is -0.140. The first-order chi connectivity index (χ1) is 15.1. The number of para-hydroxylation sites is 2. The average molecular weight is 413 g/mol. The molecule has 2 aromatic heterocycles. The van der Waals surface area contributed by atoms with Gasteiger partial charge in [0, 0.05) is 51.9 Å². The maximum absolute atomic E-state index is 12.9. The first-order valence-electron chi connectivity index (χ1n) is 9.90. The van der Waals surface area contributed by atoms with Gasteiger partial charge in [-0.25, -0.2) is 0 Å². The van der Waals surface area contributed by atoms with Gasteiger partial charge in [0.2, 0.25) is 0 Å². The molecule has 0 bridgehead atoms. The zero-order valence-electron chi connectivity index (χ0n) is 16.8. The summed E-state index contributed by atoms with van der Waals surface area (Å²) in [5, 5.41) is 4.16. The van der Waals surface area contributed by atoms with E-state index < -0.39 is 11.8 Å². The lowest BCUT2D eigenvalue weighted by Crippen LogP contribution is -2.22. The molecule has 7 heteroatoms. The summed E-state index contributed by atoms with van der Waals surface area (Å²) in [6, 6.07) is 15.3. The van der Waals surface area contributed by atoms with Crippen LogP contribution in [0.15, 0.2) is 60.9 Å². The highest BCUT2D eigenvalue weighted by molar-refractivity contribution is 6.50. The van der Waals surface area contributed by atoms with Gasteiger partial charge in [0.05, 0.1) is 24.7 Å². The van der Waals surface area contributed by atoms with Gasteiger partial charge >= 0.3 is 5.97 Å². The number of nitrogens with zero attached hydrogens (tertiary/aromatic N) is 1. The second kappa shape index (κ2) is 7.28. The molecule has 2 N–H and O–H groups in total. The number of fused-ring (bicyclic) bond motifs is 2. The molecule has 31 heavy (non-hydrogen) atoms. The summed E-state index contributed by atoms with van der Waals surface area (Å²) in [5.41, 5.74) is 3.78. The van der Waals surface area contributed by atoms with Crippen molar-refractivity contribution < 1.29 is 19.1 Å². The Balaban J connectivity index is 1.73. The van der Waals surface area contributed by atoms with Crippen LogP contribution in [0, 0.1) is 0 Å². The number of hydrogen-bond acceptors (Lipinski definition) is 4. The average Bonchev–Trinajstić information content (AvgIpc) is 3.45. The van der Waals surface area contributed by atoms with Gasteiger partial charge in [-0.2, -0.15) is 0 Å². The summed E-state index contributed by atoms with van der Waals surface area (Å²) in [6.07, 6.45) is 3.79. The van der Waals surface area contributed by atoms with E-state index in [4.69, 9.17) is 4.74 Å².